The van der Waals surface area contributed by atoms with Crippen molar-refractivity contribution in [3.05, 3.63) is 58.6 Å². The molecule has 4 nitrogen and oxygen atoms in total. The molecule has 0 saturated heterocycles. The Morgan fingerprint density at radius 1 is 1.13 bits per heavy atom. The third-order valence-corrected chi connectivity index (χ3v) is 3.73. The van der Waals surface area contributed by atoms with Crippen LogP contribution in [0, 0.1) is 0 Å². The van der Waals surface area contributed by atoms with Crippen LogP contribution in [0.4, 0.5) is 0 Å². The van der Waals surface area contributed by atoms with Crippen LogP contribution in [-0.2, 0) is 11.3 Å². The standard InChI is InChI=1S/C18H20BrNO3/c1-22-16-7-2-5-14(11-16)13-20-18(21)9-4-10-23-17-8-3-6-15(19)12-17/h2-3,5-8,11-12H,4,9-10,13H2,1H3,(H,20,21). The summed E-state index contributed by atoms with van der Waals surface area (Å²) in [6.45, 7) is 1.02. The molecule has 23 heavy (non-hydrogen) atoms. The summed E-state index contributed by atoms with van der Waals surface area (Å²) >= 11 is 3.39. The minimum absolute atomic E-state index is 0.0191. The average molecular weight is 378 g/mol. The van der Waals surface area contributed by atoms with Gasteiger partial charge in [0.15, 0.2) is 0 Å². The van der Waals surface area contributed by atoms with E-state index in [4.69, 9.17) is 9.47 Å². The second-order valence-electron chi connectivity index (χ2n) is 5.04. The van der Waals surface area contributed by atoms with Crippen LogP contribution in [0.15, 0.2) is 53.0 Å². The van der Waals surface area contributed by atoms with Crippen molar-refractivity contribution in [2.24, 2.45) is 0 Å². The topological polar surface area (TPSA) is 47.6 Å². The van der Waals surface area contributed by atoms with Crippen molar-refractivity contribution in [3.8, 4) is 11.5 Å². The van der Waals surface area contributed by atoms with Crippen molar-refractivity contribution >= 4 is 21.8 Å². The molecule has 0 bridgehead atoms. The average Bonchev–Trinajstić information content (AvgIpc) is 2.57. The van der Waals surface area contributed by atoms with Crippen molar-refractivity contribution < 1.29 is 14.3 Å². The largest absolute Gasteiger partial charge is 0.497 e. The number of carbonyl (C=O) groups is 1. The number of methoxy groups -OCH3 is 1. The van der Waals surface area contributed by atoms with E-state index in [1.165, 1.54) is 0 Å². The van der Waals surface area contributed by atoms with Crippen LogP contribution in [0.5, 0.6) is 11.5 Å². The minimum atomic E-state index is 0.0191. The number of amides is 1. The molecule has 0 aliphatic rings. The van der Waals surface area contributed by atoms with Crippen molar-refractivity contribution in [3.63, 3.8) is 0 Å². The van der Waals surface area contributed by atoms with E-state index < -0.39 is 0 Å². The zero-order valence-corrected chi connectivity index (χ0v) is 14.6. The van der Waals surface area contributed by atoms with Crippen LogP contribution in [0.1, 0.15) is 18.4 Å². The lowest BCUT2D eigenvalue weighted by atomic mass is 10.2. The third-order valence-electron chi connectivity index (χ3n) is 3.24. The molecule has 0 heterocycles. The van der Waals surface area contributed by atoms with Crippen molar-refractivity contribution in [2.45, 2.75) is 19.4 Å². The third kappa shape index (κ3) is 6.32. The molecule has 1 amide bonds. The first-order valence-corrected chi connectivity index (χ1v) is 8.24. The number of rotatable bonds is 8. The van der Waals surface area contributed by atoms with Crippen LogP contribution in [0.3, 0.4) is 0 Å². The summed E-state index contributed by atoms with van der Waals surface area (Å²) in [5.74, 6) is 1.61. The zero-order chi connectivity index (χ0) is 16.5. The van der Waals surface area contributed by atoms with Crippen molar-refractivity contribution in [2.75, 3.05) is 13.7 Å². The molecular weight excluding hydrogens is 358 g/mol. The number of halogens is 1. The summed E-state index contributed by atoms with van der Waals surface area (Å²) in [5.41, 5.74) is 1.02. The Balaban J connectivity index is 1.65. The van der Waals surface area contributed by atoms with Gasteiger partial charge in [-0.1, -0.05) is 34.1 Å². The fourth-order valence-electron chi connectivity index (χ4n) is 2.05. The van der Waals surface area contributed by atoms with Gasteiger partial charge in [-0.15, -0.1) is 0 Å². The molecule has 2 aromatic rings. The van der Waals surface area contributed by atoms with Gasteiger partial charge in [0.25, 0.3) is 0 Å². The van der Waals surface area contributed by atoms with Gasteiger partial charge in [-0.2, -0.15) is 0 Å². The first kappa shape index (κ1) is 17.3. The van der Waals surface area contributed by atoms with E-state index in [2.05, 4.69) is 21.2 Å². The Morgan fingerprint density at radius 2 is 1.91 bits per heavy atom. The maximum absolute atomic E-state index is 11.8. The number of hydrogen-bond donors (Lipinski definition) is 1. The van der Waals surface area contributed by atoms with Gasteiger partial charge >= 0.3 is 0 Å². The predicted octanol–water partition coefficient (Wildman–Crippen LogP) is 3.93. The smallest absolute Gasteiger partial charge is 0.220 e. The summed E-state index contributed by atoms with van der Waals surface area (Å²) in [5, 5.41) is 2.90. The predicted molar refractivity (Wildman–Crippen MR) is 93.7 cm³/mol. The van der Waals surface area contributed by atoms with Gasteiger partial charge in [0.1, 0.15) is 11.5 Å². The van der Waals surface area contributed by atoms with Gasteiger partial charge in [0.2, 0.25) is 5.91 Å². The van der Waals surface area contributed by atoms with Gasteiger partial charge in [-0.25, -0.2) is 0 Å². The number of nitrogens with one attached hydrogen (secondary N) is 1. The molecule has 0 unspecified atom stereocenters. The normalized spacial score (nSPS) is 10.2. The molecule has 0 saturated carbocycles. The fourth-order valence-corrected chi connectivity index (χ4v) is 2.43. The number of ether oxygens (including phenoxy) is 2. The Hall–Kier alpha value is -2.01. The lowest BCUT2D eigenvalue weighted by Gasteiger charge is -2.08. The molecule has 0 aliphatic carbocycles. The van der Waals surface area contributed by atoms with Crippen LogP contribution in [0.25, 0.3) is 0 Å². The Morgan fingerprint density at radius 3 is 2.70 bits per heavy atom. The maximum atomic E-state index is 11.8. The first-order valence-electron chi connectivity index (χ1n) is 7.45. The molecule has 0 aromatic heterocycles. The van der Waals surface area contributed by atoms with Crippen LogP contribution in [0.2, 0.25) is 0 Å². The number of hydrogen-bond acceptors (Lipinski definition) is 3. The lowest BCUT2D eigenvalue weighted by Crippen LogP contribution is -2.22. The summed E-state index contributed by atoms with van der Waals surface area (Å²) < 4.78 is 11.7. The molecule has 0 radical (unpaired) electrons. The zero-order valence-electron chi connectivity index (χ0n) is 13.0. The first-order chi connectivity index (χ1) is 11.2. The van der Waals surface area contributed by atoms with Crippen LogP contribution >= 0.6 is 15.9 Å². The van der Waals surface area contributed by atoms with Crippen LogP contribution in [-0.4, -0.2) is 19.6 Å². The van der Waals surface area contributed by atoms with E-state index in [-0.39, 0.29) is 5.91 Å². The highest BCUT2D eigenvalue weighted by atomic mass is 79.9. The molecule has 122 valence electrons. The molecule has 0 atom stereocenters. The van der Waals surface area contributed by atoms with Crippen LogP contribution < -0.4 is 14.8 Å². The lowest BCUT2D eigenvalue weighted by molar-refractivity contribution is -0.121. The van der Waals surface area contributed by atoms with Gasteiger partial charge in [0.05, 0.1) is 13.7 Å². The highest BCUT2D eigenvalue weighted by Crippen LogP contribution is 2.18. The van der Waals surface area contributed by atoms with E-state index >= 15 is 0 Å². The second kappa shape index (κ2) is 9.20. The highest BCUT2D eigenvalue weighted by Gasteiger charge is 2.03. The summed E-state index contributed by atoms with van der Waals surface area (Å²) in [4.78, 5) is 11.8. The molecule has 5 heteroatoms. The Labute approximate surface area is 144 Å². The number of carbonyl (C=O) groups excluding carboxylic acids is 1. The SMILES string of the molecule is COc1cccc(CNC(=O)CCCOc2cccc(Br)c2)c1. The van der Waals surface area contributed by atoms with Gasteiger partial charge in [-0.3, -0.25) is 4.79 Å². The quantitative estimate of drug-likeness (QED) is 0.708. The molecule has 0 aliphatic heterocycles. The molecule has 2 aromatic carbocycles. The molecule has 2 rings (SSSR count). The van der Waals surface area contributed by atoms with E-state index in [0.29, 0.717) is 26.0 Å². The van der Waals surface area contributed by atoms with Gasteiger partial charge in [-0.05, 0) is 42.3 Å². The van der Waals surface area contributed by atoms with Crippen molar-refractivity contribution in [1.82, 2.24) is 5.32 Å². The van der Waals surface area contributed by atoms with E-state index in [1.807, 2.05) is 48.5 Å². The van der Waals surface area contributed by atoms with Gasteiger partial charge < -0.3 is 14.8 Å². The van der Waals surface area contributed by atoms with E-state index in [0.717, 1.165) is 21.5 Å². The Kier molecular flexibility index (Phi) is 6.94. The van der Waals surface area contributed by atoms with E-state index in [1.54, 1.807) is 7.11 Å². The Bertz CT molecular complexity index is 646. The maximum Gasteiger partial charge on any atom is 0.220 e. The number of benzene rings is 2. The second-order valence-corrected chi connectivity index (χ2v) is 5.95. The highest BCUT2D eigenvalue weighted by molar-refractivity contribution is 9.10. The minimum Gasteiger partial charge on any atom is -0.497 e. The monoisotopic (exact) mass is 377 g/mol. The van der Waals surface area contributed by atoms with Gasteiger partial charge in [0, 0.05) is 17.4 Å². The summed E-state index contributed by atoms with van der Waals surface area (Å²) in [6, 6.07) is 15.3. The molecular formula is C18H20BrNO3. The molecule has 0 fully saturated rings. The molecule has 0 spiro atoms. The van der Waals surface area contributed by atoms with E-state index in [9.17, 15) is 4.79 Å². The fraction of sp³-hybridized carbons (Fsp3) is 0.278. The van der Waals surface area contributed by atoms with Crippen molar-refractivity contribution in [1.29, 1.82) is 0 Å². The summed E-state index contributed by atoms with van der Waals surface area (Å²) in [7, 11) is 1.63. The summed E-state index contributed by atoms with van der Waals surface area (Å²) in [6.07, 6.45) is 1.12. The molecule has 1 N–H and O–H groups in total.